The fraction of sp³-hybridized carbons (Fsp3) is 0.118. The van der Waals surface area contributed by atoms with E-state index in [0.717, 1.165) is 18.2 Å². The maximum Gasteiger partial charge on any atom is 0.282 e. The summed E-state index contributed by atoms with van der Waals surface area (Å²) in [5.74, 6) is -0.0912. The van der Waals surface area contributed by atoms with Crippen LogP contribution in [0.1, 0.15) is 22.0 Å². The molecule has 1 atom stereocenters. The Balaban J connectivity index is 2.36. The van der Waals surface area contributed by atoms with Crippen molar-refractivity contribution < 1.29 is 24.5 Å². The lowest BCUT2D eigenvalue weighted by molar-refractivity contribution is -0.394. The number of nitro benzene ring substituents is 2. The summed E-state index contributed by atoms with van der Waals surface area (Å²) in [5.41, 5.74) is -1.52. The number of Topliss-reactive ketones (excluding diaryl/α,β-unsaturated/α-hetero) is 1. The lowest BCUT2D eigenvalue weighted by Crippen LogP contribution is -2.12. The summed E-state index contributed by atoms with van der Waals surface area (Å²) >= 11 is 0. The molecule has 134 valence electrons. The van der Waals surface area contributed by atoms with Crippen LogP contribution in [0.5, 0.6) is 5.75 Å². The summed E-state index contributed by atoms with van der Waals surface area (Å²) in [5, 5.41) is 32.3. The average molecular weight is 358 g/mol. The minimum atomic E-state index is -1.69. The van der Waals surface area contributed by atoms with Crippen LogP contribution in [0.2, 0.25) is 0 Å². The Bertz CT molecular complexity index is 890. The van der Waals surface area contributed by atoms with E-state index < -0.39 is 33.1 Å². The van der Waals surface area contributed by atoms with Gasteiger partial charge in [-0.05, 0) is 30.3 Å². The molecule has 0 saturated heterocycles. The highest BCUT2D eigenvalue weighted by Crippen LogP contribution is 2.33. The SMILES string of the molecule is C=C(C(=O)c1ccc(OC)cc1)C(O)c1ccc([N+](=O)[O-])cc1[N+](=O)[O-]. The van der Waals surface area contributed by atoms with Gasteiger partial charge in [0.25, 0.3) is 11.4 Å². The normalized spacial score (nSPS) is 11.5. The van der Waals surface area contributed by atoms with Crippen molar-refractivity contribution in [2.75, 3.05) is 7.11 Å². The van der Waals surface area contributed by atoms with Gasteiger partial charge >= 0.3 is 0 Å². The Morgan fingerprint density at radius 2 is 1.73 bits per heavy atom. The van der Waals surface area contributed by atoms with Gasteiger partial charge in [0.2, 0.25) is 0 Å². The largest absolute Gasteiger partial charge is 0.497 e. The molecule has 0 bridgehead atoms. The number of carbonyl (C=O) groups excluding carboxylic acids is 1. The van der Waals surface area contributed by atoms with Gasteiger partial charge in [0.15, 0.2) is 5.78 Å². The summed E-state index contributed by atoms with van der Waals surface area (Å²) < 4.78 is 4.99. The van der Waals surface area contributed by atoms with Crippen LogP contribution in [0.25, 0.3) is 0 Å². The predicted octanol–water partition coefficient (Wildman–Crippen LogP) is 2.98. The zero-order valence-corrected chi connectivity index (χ0v) is 13.6. The summed E-state index contributed by atoms with van der Waals surface area (Å²) in [6.07, 6.45) is -1.69. The van der Waals surface area contributed by atoms with Gasteiger partial charge in [-0.1, -0.05) is 6.58 Å². The van der Waals surface area contributed by atoms with Gasteiger partial charge < -0.3 is 9.84 Å². The molecule has 0 heterocycles. The lowest BCUT2D eigenvalue weighted by atomic mass is 9.94. The van der Waals surface area contributed by atoms with Gasteiger partial charge in [0.1, 0.15) is 11.9 Å². The zero-order valence-electron chi connectivity index (χ0n) is 13.6. The van der Waals surface area contributed by atoms with Crippen LogP contribution < -0.4 is 4.74 Å². The molecule has 0 saturated carbocycles. The smallest absolute Gasteiger partial charge is 0.282 e. The van der Waals surface area contributed by atoms with Crippen molar-refractivity contribution in [2.45, 2.75) is 6.10 Å². The van der Waals surface area contributed by atoms with E-state index in [0.29, 0.717) is 5.75 Å². The number of methoxy groups -OCH3 is 1. The molecule has 1 N–H and O–H groups in total. The Labute approximate surface area is 147 Å². The monoisotopic (exact) mass is 358 g/mol. The number of aliphatic hydroxyl groups excluding tert-OH is 1. The molecule has 2 aromatic carbocycles. The Hall–Kier alpha value is -3.59. The van der Waals surface area contributed by atoms with Gasteiger partial charge in [0, 0.05) is 17.2 Å². The minimum absolute atomic E-state index is 0.208. The first-order valence-electron chi connectivity index (χ1n) is 7.24. The topological polar surface area (TPSA) is 133 Å². The van der Waals surface area contributed by atoms with Crippen LogP contribution in [0, 0.1) is 20.2 Å². The van der Waals surface area contributed by atoms with Crippen LogP contribution in [0.4, 0.5) is 11.4 Å². The molecule has 0 radical (unpaired) electrons. The summed E-state index contributed by atoms with van der Waals surface area (Å²) in [6.45, 7) is 3.52. The Kier molecular flexibility index (Phi) is 5.43. The number of nitrogens with zero attached hydrogens (tertiary/aromatic N) is 2. The van der Waals surface area contributed by atoms with Crippen molar-refractivity contribution >= 4 is 17.2 Å². The molecule has 1 unspecified atom stereocenters. The molecule has 0 aliphatic carbocycles. The third-order valence-corrected chi connectivity index (χ3v) is 3.69. The van der Waals surface area contributed by atoms with E-state index >= 15 is 0 Å². The van der Waals surface area contributed by atoms with Crippen LogP contribution in [-0.2, 0) is 0 Å². The number of ketones is 1. The first kappa shape index (κ1) is 18.7. The van der Waals surface area contributed by atoms with E-state index in [1.807, 2.05) is 0 Å². The fourth-order valence-electron chi connectivity index (χ4n) is 2.27. The van der Waals surface area contributed by atoms with E-state index in [-0.39, 0.29) is 16.7 Å². The molecule has 2 rings (SSSR count). The lowest BCUT2D eigenvalue weighted by Gasteiger charge is -2.14. The molecular weight excluding hydrogens is 344 g/mol. The van der Waals surface area contributed by atoms with Crippen molar-refractivity contribution in [3.05, 3.63) is 86.0 Å². The second kappa shape index (κ2) is 7.53. The molecule has 0 fully saturated rings. The number of hydrogen-bond donors (Lipinski definition) is 1. The van der Waals surface area contributed by atoms with Gasteiger partial charge in [-0.3, -0.25) is 25.0 Å². The molecule has 0 spiro atoms. The zero-order chi connectivity index (χ0) is 19.4. The van der Waals surface area contributed by atoms with Crippen LogP contribution in [-0.4, -0.2) is 27.8 Å². The number of aliphatic hydroxyl groups is 1. The third-order valence-electron chi connectivity index (χ3n) is 3.69. The van der Waals surface area contributed by atoms with Crippen molar-refractivity contribution in [3.63, 3.8) is 0 Å². The molecule has 0 amide bonds. The molecule has 9 heteroatoms. The molecule has 0 aliphatic heterocycles. The Morgan fingerprint density at radius 1 is 1.12 bits per heavy atom. The summed E-state index contributed by atoms with van der Waals surface area (Å²) in [7, 11) is 1.47. The van der Waals surface area contributed by atoms with Crippen molar-refractivity contribution in [3.8, 4) is 5.75 Å². The number of carbonyl (C=O) groups is 1. The van der Waals surface area contributed by atoms with E-state index in [4.69, 9.17) is 4.74 Å². The average Bonchev–Trinajstić information content (AvgIpc) is 2.65. The molecule has 0 aromatic heterocycles. The van der Waals surface area contributed by atoms with Gasteiger partial charge in [0.05, 0.1) is 28.6 Å². The highest BCUT2D eigenvalue weighted by atomic mass is 16.6. The first-order chi connectivity index (χ1) is 12.3. The molecule has 26 heavy (non-hydrogen) atoms. The molecular formula is C17H14N2O7. The molecule has 9 nitrogen and oxygen atoms in total. The Morgan fingerprint density at radius 3 is 2.23 bits per heavy atom. The van der Waals surface area contributed by atoms with E-state index in [2.05, 4.69) is 6.58 Å². The van der Waals surface area contributed by atoms with Gasteiger partial charge in [-0.15, -0.1) is 0 Å². The number of rotatable bonds is 7. The second-order valence-electron chi connectivity index (χ2n) is 5.24. The fourth-order valence-corrected chi connectivity index (χ4v) is 2.27. The maximum absolute atomic E-state index is 12.4. The van der Waals surface area contributed by atoms with Crippen molar-refractivity contribution in [2.24, 2.45) is 0 Å². The first-order valence-corrected chi connectivity index (χ1v) is 7.24. The number of ether oxygens (including phenoxy) is 1. The van der Waals surface area contributed by atoms with Crippen LogP contribution >= 0.6 is 0 Å². The quantitative estimate of drug-likeness (QED) is 0.348. The van der Waals surface area contributed by atoms with Gasteiger partial charge in [-0.25, -0.2) is 0 Å². The van der Waals surface area contributed by atoms with Crippen molar-refractivity contribution in [1.82, 2.24) is 0 Å². The highest BCUT2D eigenvalue weighted by molar-refractivity contribution is 6.09. The maximum atomic E-state index is 12.4. The number of non-ortho nitro benzene ring substituents is 1. The van der Waals surface area contributed by atoms with E-state index in [1.54, 1.807) is 12.1 Å². The molecule has 2 aromatic rings. The van der Waals surface area contributed by atoms with Crippen LogP contribution in [0.15, 0.2) is 54.6 Å². The third kappa shape index (κ3) is 3.73. The van der Waals surface area contributed by atoms with Crippen molar-refractivity contribution in [1.29, 1.82) is 0 Å². The summed E-state index contributed by atoms with van der Waals surface area (Å²) in [4.78, 5) is 32.7. The van der Waals surface area contributed by atoms with Crippen LogP contribution in [0.3, 0.4) is 0 Å². The molecule has 0 aliphatic rings. The second-order valence-corrected chi connectivity index (χ2v) is 5.24. The number of benzene rings is 2. The van der Waals surface area contributed by atoms with E-state index in [9.17, 15) is 30.1 Å². The minimum Gasteiger partial charge on any atom is -0.497 e. The summed E-state index contributed by atoms with van der Waals surface area (Å²) in [6, 6.07) is 8.78. The number of nitro groups is 2. The number of hydrogen-bond acceptors (Lipinski definition) is 7. The highest BCUT2D eigenvalue weighted by Gasteiger charge is 2.28. The van der Waals surface area contributed by atoms with Gasteiger partial charge in [-0.2, -0.15) is 0 Å². The standard InChI is InChI=1S/C17H14N2O7/c1-10(16(20)11-3-6-13(26-2)7-4-11)17(21)14-8-5-12(18(22)23)9-15(14)19(24)25/h3-9,17,21H,1H2,2H3. The van der Waals surface area contributed by atoms with E-state index in [1.165, 1.54) is 19.2 Å². The predicted molar refractivity (Wildman–Crippen MR) is 91.2 cm³/mol.